The van der Waals surface area contributed by atoms with Crippen molar-refractivity contribution in [2.75, 3.05) is 26.2 Å². The Kier molecular flexibility index (Phi) is 6.50. The number of piperazine rings is 1. The number of aromatic nitrogens is 1. The second-order valence-corrected chi connectivity index (χ2v) is 8.75. The first-order chi connectivity index (χ1) is 15.6. The third kappa shape index (κ3) is 5.07. The topological polar surface area (TPSA) is 56.4 Å². The fourth-order valence-corrected chi connectivity index (χ4v) is 4.59. The lowest BCUT2D eigenvalue weighted by Gasteiger charge is -2.41. The first-order valence-electron chi connectivity index (χ1n) is 10.6. The molecule has 0 spiro atoms. The Bertz CT molecular complexity index is 1190. The lowest BCUT2D eigenvalue weighted by atomic mass is 9.99. The second-order valence-electron chi connectivity index (χ2n) is 8.35. The molecule has 33 heavy (non-hydrogen) atoms. The van der Waals surface area contributed by atoms with Crippen molar-refractivity contribution in [3.05, 3.63) is 70.4 Å². The molecule has 1 fully saturated rings. The molecule has 1 saturated heterocycles. The Morgan fingerprint density at radius 1 is 1.15 bits per heavy atom. The van der Waals surface area contributed by atoms with E-state index in [2.05, 4.69) is 4.98 Å². The van der Waals surface area contributed by atoms with Gasteiger partial charge in [-0.15, -0.1) is 0 Å². The standard InChI is InChI=1S/C24H23ClF3N3O2/c1-15(32)13-30-8-9-31(23(33)20-11-17(24(26,27)28)6-7-21(20)25)18(14-30)10-16-12-29-22-5-3-2-4-19(16)22/h2-7,11-12,18,29H,8-10,13-14H2,1H3/t18-/m1/s1. The molecule has 0 radical (unpaired) electrons. The van der Waals surface area contributed by atoms with Crippen LogP contribution >= 0.6 is 11.6 Å². The van der Waals surface area contributed by atoms with Gasteiger partial charge in [-0.05, 0) is 43.2 Å². The van der Waals surface area contributed by atoms with Crippen LogP contribution in [-0.4, -0.2) is 58.7 Å². The maximum absolute atomic E-state index is 13.4. The van der Waals surface area contributed by atoms with Crippen molar-refractivity contribution in [3.63, 3.8) is 0 Å². The lowest BCUT2D eigenvalue weighted by Crippen LogP contribution is -2.56. The minimum absolute atomic E-state index is 0.0153. The number of ketones is 1. The normalized spacial score (nSPS) is 17.5. The van der Waals surface area contributed by atoms with Crippen LogP contribution in [0.15, 0.2) is 48.7 Å². The Labute approximate surface area is 194 Å². The molecule has 1 atom stereocenters. The Morgan fingerprint density at radius 2 is 1.91 bits per heavy atom. The van der Waals surface area contributed by atoms with E-state index in [1.165, 1.54) is 6.92 Å². The molecule has 4 rings (SSSR count). The smallest absolute Gasteiger partial charge is 0.361 e. The van der Waals surface area contributed by atoms with Crippen molar-refractivity contribution >= 4 is 34.2 Å². The van der Waals surface area contributed by atoms with Gasteiger partial charge in [0.15, 0.2) is 0 Å². The molecule has 9 heteroatoms. The molecule has 2 heterocycles. The summed E-state index contributed by atoms with van der Waals surface area (Å²) >= 11 is 6.15. The number of halogens is 4. The molecular formula is C24H23ClF3N3O2. The molecule has 1 aromatic heterocycles. The Balaban J connectivity index is 1.66. The maximum atomic E-state index is 13.4. The summed E-state index contributed by atoms with van der Waals surface area (Å²) in [6.45, 7) is 2.94. The number of fused-ring (bicyclic) bond motifs is 1. The van der Waals surface area contributed by atoms with Gasteiger partial charge in [-0.1, -0.05) is 29.8 Å². The number of alkyl halides is 3. The lowest BCUT2D eigenvalue weighted by molar-refractivity contribution is -0.137. The number of nitrogens with one attached hydrogen (secondary N) is 1. The van der Waals surface area contributed by atoms with Crippen LogP contribution in [0.1, 0.15) is 28.4 Å². The monoisotopic (exact) mass is 477 g/mol. The van der Waals surface area contributed by atoms with Crippen LogP contribution in [0, 0.1) is 0 Å². The van der Waals surface area contributed by atoms with Crippen molar-refractivity contribution < 1.29 is 22.8 Å². The Hall–Kier alpha value is -2.84. The summed E-state index contributed by atoms with van der Waals surface area (Å²) in [4.78, 5) is 31.9. The van der Waals surface area contributed by atoms with Crippen molar-refractivity contribution in [1.29, 1.82) is 0 Å². The van der Waals surface area contributed by atoms with Gasteiger partial charge in [0.05, 0.1) is 22.7 Å². The summed E-state index contributed by atoms with van der Waals surface area (Å²) in [6, 6.07) is 10.2. The van der Waals surface area contributed by atoms with Gasteiger partial charge in [0.1, 0.15) is 5.78 Å². The molecule has 1 N–H and O–H groups in total. The van der Waals surface area contributed by atoms with Gasteiger partial charge in [-0.25, -0.2) is 0 Å². The minimum Gasteiger partial charge on any atom is -0.361 e. The number of nitrogens with zero attached hydrogens (tertiary/aromatic N) is 2. The highest BCUT2D eigenvalue weighted by atomic mass is 35.5. The van der Waals surface area contributed by atoms with Crippen LogP contribution in [0.25, 0.3) is 10.9 Å². The van der Waals surface area contributed by atoms with E-state index in [4.69, 9.17) is 11.6 Å². The molecule has 174 valence electrons. The average Bonchev–Trinajstić information content (AvgIpc) is 3.15. The number of hydrogen-bond donors (Lipinski definition) is 1. The number of H-pyrrole nitrogens is 1. The zero-order valence-electron chi connectivity index (χ0n) is 18.0. The van der Waals surface area contributed by atoms with Crippen LogP contribution in [0.3, 0.4) is 0 Å². The molecule has 1 aliphatic rings. The largest absolute Gasteiger partial charge is 0.416 e. The van der Waals surface area contributed by atoms with Gasteiger partial charge in [0.25, 0.3) is 5.91 Å². The molecule has 0 saturated carbocycles. The number of para-hydroxylation sites is 1. The number of aromatic amines is 1. The van der Waals surface area contributed by atoms with Gasteiger partial charge in [-0.2, -0.15) is 13.2 Å². The van der Waals surface area contributed by atoms with Crippen molar-refractivity contribution in [3.8, 4) is 0 Å². The number of hydrogen-bond acceptors (Lipinski definition) is 3. The predicted octanol–water partition coefficient (Wildman–Crippen LogP) is 4.80. The van der Waals surface area contributed by atoms with E-state index in [1.54, 1.807) is 4.90 Å². The average molecular weight is 478 g/mol. The third-order valence-electron chi connectivity index (χ3n) is 5.93. The second kappa shape index (κ2) is 9.19. The molecule has 0 unspecified atom stereocenters. The van der Waals surface area contributed by atoms with Crippen LogP contribution in [0.2, 0.25) is 5.02 Å². The first kappa shape index (κ1) is 23.3. The van der Waals surface area contributed by atoms with Crippen LogP contribution in [0.4, 0.5) is 13.2 Å². The molecule has 2 aromatic carbocycles. The number of Topliss-reactive ketones (excluding diaryl/α,β-unsaturated/α-hetero) is 1. The summed E-state index contributed by atoms with van der Waals surface area (Å²) in [5.41, 5.74) is 0.866. The molecule has 1 aliphatic heterocycles. The number of carbonyl (C=O) groups is 2. The van der Waals surface area contributed by atoms with Crippen LogP contribution in [0.5, 0.6) is 0 Å². The fraction of sp³-hybridized carbons (Fsp3) is 0.333. The van der Waals surface area contributed by atoms with Gasteiger partial charge >= 0.3 is 6.18 Å². The molecule has 5 nitrogen and oxygen atoms in total. The molecule has 0 bridgehead atoms. The molecule has 1 amide bonds. The van der Waals surface area contributed by atoms with E-state index in [9.17, 15) is 22.8 Å². The summed E-state index contributed by atoms with van der Waals surface area (Å²) < 4.78 is 39.7. The van der Waals surface area contributed by atoms with Crippen molar-refractivity contribution in [2.24, 2.45) is 0 Å². The summed E-state index contributed by atoms with van der Waals surface area (Å²) in [6.07, 6.45) is -2.21. The van der Waals surface area contributed by atoms with Gasteiger partial charge in [-0.3, -0.25) is 14.5 Å². The van der Waals surface area contributed by atoms with Gasteiger partial charge < -0.3 is 9.88 Å². The first-order valence-corrected chi connectivity index (χ1v) is 11.0. The Morgan fingerprint density at radius 3 is 2.64 bits per heavy atom. The number of rotatable bonds is 5. The van der Waals surface area contributed by atoms with E-state index in [1.807, 2.05) is 35.4 Å². The molecule has 0 aliphatic carbocycles. The zero-order valence-corrected chi connectivity index (χ0v) is 18.7. The van der Waals surface area contributed by atoms with E-state index in [0.717, 1.165) is 34.7 Å². The van der Waals surface area contributed by atoms with Crippen LogP contribution < -0.4 is 0 Å². The minimum atomic E-state index is -4.58. The summed E-state index contributed by atoms with van der Waals surface area (Å²) in [7, 11) is 0. The summed E-state index contributed by atoms with van der Waals surface area (Å²) in [5.74, 6) is -0.528. The summed E-state index contributed by atoms with van der Waals surface area (Å²) in [5, 5.41) is 0.996. The van der Waals surface area contributed by atoms with Gasteiger partial charge in [0.2, 0.25) is 0 Å². The maximum Gasteiger partial charge on any atom is 0.416 e. The molecular weight excluding hydrogens is 455 g/mol. The number of amides is 1. The van der Waals surface area contributed by atoms with E-state index in [-0.39, 0.29) is 35.5 Å². The predicted molar refractivity (Wildman–Crippen MR) is 120 cm³/mol. The van der Waals surface area contributed by atoms with Crippen molar-refractivity contribution in [1.82, 2.24) is 14.8 Å². The zero-order chi connectivity index (χ0) is 23.8. The van der Waals surface area contributed by atoms with E-state index >= 15 is 0 Å². The fourth-order valence-electron chi connectivity index (χ4n) is 4.39. The van der Waals surface area contributed by atoms with Crippen LogP contribution in [-0.2, 0) is 17.4 Å². The highest BCUT2D eigenvalue weighted by Crippen LogP contribution is 2.33. The SMILES string of the molecule is CC(=O)CN1CCN(C(=O)c2cc(C(F)(F)F)ccc2Cl)[C@H](Cc2c[nH]c3ccccc23)C1. The molecule has 3 aromatic rings. The quantitative estimate of drug-likeness (QED) is 0.574. The number of benzene rings is 2. The highest BCUT2D eigenvalue weighted by Gasteiger charge is 2.35. The van der Waals surface area contributed by atoms with Gasteiger partial charge in [0, 0.05) is 42.8 Å². The third-order valence-corrected chi connectivity index (χ3v) is 6.26. The highest BCUT2D eigenvalue weighted by molar-refractivity contribution is 6.33. The van der Waals surface area contributed by atoms with Crippen molar-refractivity contribution in [2.45, 2.75) is 25.6 Å². The van der Waals surface area contributed by atoms with E-state index < -0.39 is 17.6 Å². The number of carbonyl (C=O) groups excluding carboxylic acids is 2. The van der Waals surface area contributed by atoms with E-state index in [0.29, 0.717) is 19.5 Å².